The fourth-order valence-electron chi connectivity index (χ4n) is 2.32. The highest BCUT2D eigenvalue weighted by Gasteiger charge is 2.18. The third-order valence-electron chi connectivity index (χ3n) is 3.46. The van der Waals surface area contributed by atoms with Crippen LogP contribution in [0.5, 0.6) is 0 Å². The molecule has 5 heteroatoms. The average molecular weight is 308 g/mol. The van der Waals surface area contributed by atoms with Gasteiger partial charge in [-0.3, -0.25) is 9.59 Å². The standard InChI is InChI=1S/C18H16N2O3/c21-17-9-8-15(11-19-17)18(22)20(13-16-7-4-10-23-16)12-14-5-2-1-3-6-14/h1-11H,12-13H2,(H,19,21). The van der Waals surface area contributed by atoms with Crippen molar-refractivity contribution in [1.82, 2.24) is 9.88 Å². The molecule has 0 atom stereocenters. The van der Waals surface area contributed by atoms with Crippen LogP contribution in [0.4, 0.5) is 0 Å². The van der Waals surface area contributed by atoms with Crippen molar-refractivity contribution in [1.29, 1.82) is 0 Å². The Labute approximate surface area is 133 Å². The molecule has 0 saturated carbocycles. The van der Waals surface area contributed by atoms with E-state index in [0.717, 1.165) is 5.56 Å². The number of aromatic nitrogens is 1. The Morgan fingerprint density at radius 3 is 2.48 bits per heavy atom. The van der Waals surface area contributed by atoms with Crippen molar-refractivity contribution in [3.8, 4) is 0 Å². The summed E-state index contributed by atoms with van der Waals surface area (Å²) in [5.74, 6) is 0.542. The lowest BCUT2D eigenvalue weighted by atomic mass is 10.2. The maximum Gasteiger partial charge on any atom is 0.256 e. The highest BCUT2D eigenvalue weighted by molar-refractivity contribution is 5.93. The molecule has 2 aromatic heterocycles. The van der Waals surface area contributed by atoms with E-state index in [9.17, 15) is 9.59 Å². The van der Waals surface area contributed by atoms with Gasteiger partial charge in [0.1, 0.15) is 5.76 Å². The van der Waals surface area contributed by atoms with Crippen LogP contribution in [0.1, 0.15) is 21.7 Å². The van der Waals surface area contributed by atoms with Crippen LogP contribution in [0, 0.1) is 0 Å². The van der Waals surface area contributed by atoms with Gasteiger partial charge in [0.2, 0.25) is 5.56 Å². The van der Waals surface area contributed by atoms with Crippen molar-refractivity contribution < 1.29 is 9.21 Å². The van der Waals surface area contributed by atoms with E-state index in [1.165, 1.54) is 18.3 Å². The van der Waals surface area contributed by atoms with Gasteiger partial charge in [0, 0.05) is 18.8 Å². The molecule has 0 spiro atoms. The third kappa shape index (κ3) is 3.77. The molecule has 0 aliphatic heterocycles. The number of pyridine rings is 1. The number of H-pyrrole nitrogens is 1. The van der Waals surface area contributed by atoms with E-state index < -0.39 is 0 Å². The Hall–Kier alpha value is -3.08. The number of furan rings is 1. The second-order valence-electron chi connectivity index (χ2n) is 5.17. The minimum absolute atomic E-state index is 0.165. The molecule has 1 aromatic carbocycles. The first-order valence-corrected chi connectivity index (χ1v) is 7.27. The summed E-state index contributed by atoms with van der Waals surface area (Å²) in [5, 5.41) is 0. The number of carbonyl (C=O) groups is 1. The molecule has 23 heavy (non-hydrogen) atoms. The van der Waals surface area contributed by atoms with Crippen LogP contribution in [0.3, 0.4) is 0 Å². The molecule has 116 valence electrons. The third-order valence-corrected chi connectivity index (χ3v) is 3.46. The maximum absolute atomic E-state index is 12.7. The highest BCUT2D eigenvalue weighted by atomic mass is 16.3. The molecular formula is C18H16N2O3. The van der Waals surface area contributed by atoms with E-state index >= 15 is 0 Å². The lowest BCUT2D eigenvalue weighted by molar-refractivity contribution is 0.0717. The molecule has 0 fully saturated rings. The van der Waals surface area contributed by atoms with E-state index in [0.29, 0.717) is 24.4 Å². The first kappa shape index (κ1) is 14.8. The lowest BCUT2D eigenvalue weighted by Crippen LogP contribution is -2.30. The summed E-state index contributed by atoms with van der Waals surface area (Å²) in [7, 11) is 0. The van der Waals surface area contributed by atoms with Crippen molar-refractivity contribution in [3.63, 3.8) is 0 Å². The summed E-state index contributed by atoms with van der Waals surface area (Å²) in [5.41, 5.74) is 1.23. The van der Waals surface area contributed by atoms with Crippen LogP contribution in [0.15, 0.2) is 76.3 Å². The molecule has 0 aliphatic carbocycles. The molecule has 1 amide bonds. The summed E-state index contributed by atoms with van der Waals surface area (Å²) < 4.78 is 5.36. The number of hydrogen-bond acceptors (Lipinski definition) is 3. The Bertz CT molecular complexity index is 802. The molecule has 1 N–H and O–H groups in total. The quantitative estimate of drug-likeness (QED) is 0.788. The Kier molecular flexibility index (Phi) is 4.38. The minimum Gasteiger partial charge on any atom is -0.467 e. The smallest absolute Gasteiger partial charge is 0.256 e. The summed E-state index contributed by atoms with van der Waals surface area (Å²) in [4.78, 5) is 28.1. The zero-order valence-electron chi connectivity index (χ0n) is 12.4. The molecule has 3 aromatic rings. The normalized spacial score (nSPS) is 10.4. The van der Waals surface area contributed by atoms with Gasteiger partial charge in [-0.1, -0.05) is 30.3 Å². The van der Waals surface area contributed by atoms with Gasteiger partial charge in [-0.2, -0.15) is 0 Å². The largest absolute Gasteiger partial charge is 0.467 e. The summed E-state index contributed by atoms with van der Waals surface area (Å²) >= 11 is 0. The maximum atomic E-state index is 12.7. The number of benzene rings is 1. The van der Waals surface area contributed by atoms with Crippen molar-refractivity contribution >= 4 is 5.91 Å². The summed E-state index contributed by atoms with van der Waals surface area (Å²) in [6.07, 6.45) is 3.02. The predicted molar refractivity (Wildman–Crippen MR) is 85.8 cm³/mol. The van der Waals surface area contributed by atoms with E-state index in [1.54, 1.807) is 17.2 Å². The fourth-order valence-corrected chi connectivity index (χ4v) is 2.32. The van der Waals surface area contributed by atoms with E-state index in [-0.39, 0.29) is 11.5 Å². The van der Waals surface area contributed by atoms with Gasteiger partial charge in [0.15, 0.2) is 0 Å². The molecule has 0 radical (unpaired) electrons. The molecule has 5 nitrogen and oxygen atoms in total. The SMILES string of the molecule is O=C(c1ccc(=O)[nH]c1)N(Cc1ccccc1)Cc1ccco1. The molecule has 0 unspecified atom stereocenters. The molecule has 2 heterocycles. The first-order valence-electron chi connectivity index (χ1n) is 7.27. The van der Waals surface area contributed by atoms with Crippen LogP contribution < -0.4 is 5.56 Å². The van der Waals surface area contributed by atoms with Crippen molar-refractivity contribution in [2.75, 3.05) is 0 Å². The molecule has 0 bridgehead atoms. The van der Waals surface area contributed by atoms with Gasteiger partial charge in [-0.05, 0) is 23.8 Å². The number of rotatable bonds is 5. The number of hydrogen-bond donors (Lipinski definition) is 1. The van der Waals surface area contributed by atoms with Crippen LogP contribution >= 0.6 is 0 Å². The van der Waals surface area contributed by atoms with Crippen molar-refractivity contribution in [2.45, 2.75) is 13.1 Å². The monoisotopic (exact) mass is 308 g/mol. The zero-order chi connectivity index (χ0) is 16.1. The van der Waals surface area contributed by atoms with Crippen molar-refractivity contribution in [2.24, 2.45) is 0 Å². The van der Waals surface area contributed by atoms with Crippen molar-refractivity contribution in [3.05, 3.63) is 94.3 Å². The Balaban J connectivity index is 1.85. The predicted octanol–water partition coefficient (Wildman–Crippen LogP) is 2.81. The highest BCUT2D eigenvalue weighted by Crippen LogP contribution is 2.14. The Morgan fingerprint density at radius 2 is 1.83 bits per heavy atom. The van der Waals surface area contributed by atoms with Gasteiger partial charge in [-0.15, -0.1) is 0 Å². The van der Waals surface area contributed by atoms with Crippen LogP contribution in [0.25, 0.3) is 0 Å². The molecular weight excluding hydrogens is 292 g/mol. The fraction of sp³-hybridized carbons (Fsp3) is 0.111. The van der Waals surface area contributed by atoms with E-state index in [1.807, 2.05) is 36.4 Å². The lowest BCUT2D eigenvalue weighted by Gasteiger charge is -2.22. The number of carbonyl (C=O) groups excluding carboxylic acids is 1. The summed E-state index contributed by atoms with van der Waals surface area (Å²) in [6, 6.07) is 16.2. The van der Waals surface area contributed by atoms with Gasteiger partial charge in [-0.25, -0.2) is 0 Å². The first-order chi connectivity index (χ1) is 11.2. The van der Waals surface area contributed by atoms with Crippen LogP contribution in [-0.2, 0) is 13.1 Å². The minimum atomic E-state index is -0.234. The topological polar surface area (TPSA) is 66.3 Å². The van der Waals surface area contributed by atoms with Gasteiger partial charge in [0.25, 0.3) is 5.91 Å². The van der Waals surface area contributed by atoms with Crippen LogP contribution in [-0.4, -0.2) is 15.8 Å². The van der Waals surface area contributed by atoms with Gasteiger partial charge >= 0.3 is 0 Å². The molecule has 0 saturated heterocycles. The number of amides is 1. The number of nitrogens with one attached hydrogen (secondary N) is 1. The number of nitrogens with zero attached hydrogens (tertiary/aromatic N) is 1. The van der Waals surface area contributed by atoms with Gasteiger partial charge in [0.05, 0.1) is 18.4 Å². The molecule has 0 aliphatic rings. The van der Waals surface area contributed by atoms with E-state index in [2.05, 4.69) is 4.98 Å². The summed E-state index contributed by atoms with van der Waals surface area (Å²) in [6.45, 7) is 0.819. The number of aromatic amines is 1. The second-order valence-corrected chi connectivity index (χ2v) is 5.17. The molecule has 3 rings (SSSR count). The zero-order valence-corrected chi connectivity index (χ0v) is 12.4. The second kappa shape index (κ2) is 6.79. The van der Waals surface area contributed by atoms with E-state index in [4.69, 9.17) is 4.42 Å². The van der Waals surface area contributed by atoms with Gasteiger partial charge < -0.3 is 14.3 Å². The Morgan fingerprint density at radius 1 is 1.00 bits per heavy atom. The van der Waals surface area contributed by atoms with Crippen LogP contribution in [0.2, 0.25) is 0 Å². The average Bonchev–Trinajstić information content (AvgIpc) is 3.08.